The first-order valence-electron chi connectivity index (χ1n) is 8.95. The molecule has 1 saturated heterocycles. The zero-order valence-electron chi connectivity index (χ0n) is 14.9. The fourth-order valence-corrected chi connectivity index (χ4v) is 3.28. The van der Waals surface area contributed by atoms with E-state index in [4.69, 9.17) is 9.84 Å². The summed E-state index contributed by atoms with van der Waals surface area (Å²) in [6, 6.07) is 11.2. The number of ether oxygens (including phenoxy) is 1. The maximum Gasteiger partial charge on any atom is 0.410 e. The lowest BCUT2D eigenvalue weighted by atomic mass is 10.0. The third kappa shape index (κ3) is 4.14. The predicted molar refractivity (Wildman–Crippen MR) is 98.8 cm³/mol. The highest BCUT2D eigenvalue weighted by molar-refractivity contribution is 5.69. The van der Waals surface area contributed by atoms with Crippen molar-refractivity contribution >= 4 is 6.09 Å². The number of H-pyrrole nitrogens is 1. The lowest BCUT2D eigenvalue weighted by molar-refractivity contribution is 0.00760. The van der Waals surface area contributed by atoms with Crippen LogP contribution in [-0.4, -0.2) is 40.3 Å². The van der Waals surface area contributed by atoms with Gasteiger partial charge in [0.25, 0.3) is 0 Å². The largest absolute Gasteiger partial charge is 0.446 e. The highest BCUT2D eigenvalue weighted by Gasteiger charge is 2.30. The number of pyridine rings is 1. The summed E-state index contributed by atoms with van der Waals surface area (Å²) in [7, 11) is 0. The van der Waals surface area contributed by atoms with Crippen molar-refractivity contribution in [1.82, 2.24) is 9.88 Å². The predicted octanol–water partition coefficient (Wildman–Crippen LogP) is 3.09. The summed E-state index contributed by atoms with van der Waals surface area (Å²) >= 11 is 0. The molecule has 2 unspecified atom stereocenters. The number of aromatic nitrogens is 1. The van der Waals surface area contributed by atoms with Gasteiger partial charge in [-0.1, -0.05) is 24.3 Å². The molecule has 1 aromatic heterocycles. The first kappa shape index (κ1) is 18.2. The Kier molecular flexibility index (Phi) is 5.73. The third-order valence-electron chi connectivity index (χ3n) is 4.85. The Bertz CT molecular complexity index is 800. The van der Waals surface area contributed by atoms with Crippen LogP contribution in [0.25, 0.3) is 11.1 Å². The van der Waals surface area contributed by atoms with Crippen molar-refractivity contribution in [3.63, 3.8) is 0 Å². The summed E-state index contributed by atoms with van der Waals surface area (Å²) in [6.07, 6.45) is 3.36. The molecule has 1 fully saturated rings. The Morgan fingerprint density at radius 3 is 2.65 bits per heavy atom. The van der Waals surface area contributed by atoms with Gasteiger partial charge in [0.1, 0.15) is 6.10 Å². The number of benzene rings is 1. The maximum absolute atomic E-state index is 12.3. The minimum atomic E-state index is -0.301. The topological polar surface area (TPSA) is 82.6 Å². The highest BCUT2D eigenvalue weighted by atomic mass is 16.6. The fraction of sp³-hybridized carbons (Fsp3) is 0.400. The fourth-order valence-electron chi connectivity index (χ4n) is 3.28. The molecule has 26 heavy (non-hydrogen) atoms. The normalized spacial score (nSPS) is 18.5. The number of rotatable bonds is 6. The minimum absolute atomic E-state index is 0.0884. The van der Waals surface area contributed by atoms with Gasteiger partial charge in [0.05, 0.1) is 6.04 Å². The average molecular weight is 356 g/mol. The molecule has 1 amide bonds. The molecule has 2 heterocycles. The Morgan fingerprint density at radius 1 is 1.23 bits per heavy atom. The van der Waals surface area contributed by atoms with Crippen LogP contribution in [0.15, 0.2) is 47.4 Å². The molecule has 2 aromatic rings. The second kappa shape index (κ2) is 8.19. The molecular formula is C20H24N2O4. The number of aromatic amines is 1. The van der Waals surface area contributed by atoms with Gasteiger partial charge in [0.2, 0.25) is 5.56 Å². The number of carbonyl (C=O) groups is 1. The van der Waals surface area contributed by atoms with Crippen molar-refractivity contribution in [3.05, 3.63) is 58.5 Å². The van der Waals surface area contributed by atoms with Crippen LogP contribution in [0.4, 0.5) is 4.79 Å². The van der Waals surface area contributed by atoms with Gasteiger partial charge in [-0.3, -0.25) is 4.79 Å². The lowest BCUT2D eigenvalue weighted by Crippen LogP contribution is -2.43. The number of aliphatic hydroxyl groups is 1. The van der Waals surface area contributed by atoms with E-state index in [1.807, 2.05) is 37.3 Å². The molecule has 3 rings (SSSR count). The van der Waals surface area contributed by atoms with Gasteiger partial charge >= 0.3 is 6.09 Å². The Hall–Kier alpha value is -2.60. The van der Waals surface area contributed by atoms with E-state index in [2.05, 4.69) is 4.98 Å². The van der Waals surface area contributed by atoms with Gasteiger partial charge in [-0.05, 0) is 42.5 Å². The van der Waals surface area contributed by atoms with Crippen LogP contribution in [0.1, 0.15) is 37.8 Å². The number of cyclic esters (lactones) is 1. The van der Waals surface area contributed by atoms with Crippen LogP contribution < -0.4 is 5.56 Å². The highest BCUT2D eigenvalue weighted by Crippen LogP contribution is 2.28. The molecule has 0 aliphatic carbocycles. The standard InChI is InChI=1S/C20H24N2O4/c1-14(22-11-9-18(3-2-12-23)26-20(22)25)15-4-6-16(7-5-15)17-8-10-21-19(24)13-17/h4-8,10,13-14,18,23H,2-3,9,11-12H2,1H3,(H,21,24). The number of nitrogens with zero attached hydrogens (tertiary/aromatic N) is 1. The molecule has 0 bridgehead atoms. The van der Waals surface area contributed by atoms with E-state index in [9.17, 15) is 9.59 Å². The molecule has 6 nitrogen and oxygen atoms in total. The van der Waals surface area contributed by atoms with Crippen molar-refractivity contribution in [1.29, 1.82) is 0 Å². The monoisotopic (exact) mass is 356 g/mol. The van der Waals surface area contributed by atoms with Gasteiger partial charge in [0.15, 0.2) is 0 Å². The van der Waals surface area contributed by atoms with Crippen LogP contribution in [0, 0.1) is 0 Å². The van der Waals surface area contributed by atoms with Crippen molar-refractivity contribution in [3.8, 4) is 11.1 Å². The SMILES string of the molecule is CC(c1ccc(-c2cc[nH]c(=O)c2)cc1)N1CCC(CCCO)OC1=O. The van der Waals surface area contributed by atoms with Gasteiger partial charge in [0, 0.05) is 31.8 Å². The summed E-state index contributed by atoms with van der Waals surface area (Å²) in [6.45, 7) is 2.75. The zero-order chi connectivity index (χ0) is 18.5. The first-order chi connectivity index (χ1) is 12.6. The Morgan fingerprint density at radius 2 is 2.00 bits per heavy atom. The first-order valence-corrected chi connectivity index (χ1v) is 8.95. The number of nitrogens with one attached hydrogen (secondary N) is 1. The molecule has 1 aromatic carbocycles. The van der Waals surface area contributed by atoms with E-state index in [0.29, 0.717) is 19.4 Å². The van der Waals surface area contributed by atoms with Gasteiger partial charge < -0.3 is 19.7 Å². The van der Waals surface area contributed by atoms with E-state index < -0.39 is 0 Å². The van der Waals surface area contributed by atoms with E-state index in [1.165, 1.54) is 0 Å². The van der Waals surface area contributed by atoms with Crippen molar-refractivity contribution in [2.45, 2.75) is 38.3 Å². The van der Waals surface area contributed by atoms with E-state index in [0.717, 1.165) is 23.1 Å². The van der Waals surface area contributed by atoms with Crippen molar-refractivity contribution in [2.24, 2.45) is 0 Å². The summed E-state index contributed by atoms with van der Waals surface area (Å²) < 4.78 is 5.49. The number of hydrogen-bond acceptors (Lipinski definition) is 4. The number of aliphatic hydroxyl groups excluding tert-OH is 1. The summed E-state index contributed by atoms with van der Waals surface area (Å²) in [5, 5.41) is 8.90. The molecule has 1 aliphatic heterocycles. The van der Waals surface area contributed by atoms with E-state index >= 15 is 0 Å². The van der Waals surface area contributed by atoms with Gasteiger partial charge in [-0.15, -0.1) is 0 Å². The molecule has 0 radical (unpaired) electrons. The molecular weight excluding hydrogens is 332 g/mol. The van der Waals surface area contributed by atoms with E-state index in [1.54, 1.807) is 17.2 Å². The molecule has 138 valence electrons. The smallest absolute Gasteiger partial charge is 0.410 e. The second-order valence-corrected chi connectivity index (χ2v) is 6.59. The van der Waals surface area contributed by atoms with Crippen LogP contribution in [-0.2, 0) is 4.74 Å². The number of carbonyl (C=O) groups excluding carboxylic acids is 1. The van der Waals surface area contributed by atoms with Crippen LogP contribution in [0.2, 0.25) is 0 Å². The van der Waals surface area contributed by atoms with Crippen LogP contribution in [0.3, 0.4) is 0 Å². The quantitative estimate of drug-likeness (QED) is 0.833. The third-order valence-corrected chi connectivity index (χ3v) is 4.85. The summed E-state index contributed by atoms with van der Waals surface area (Å²) in [4.78, 5) is 28.1. The van der Waals surface area contributed by atoms with Crippen molar-refractivity contribution < 1.29 is 14.6 Å². The van der Waals surface area contributed by atoms with Crippen LogP contribution >= 0.6 is 0 Å². The van der Waals surface area contributed by atoms with Gasteiger partial charge in [-0.25, -0.2) is 4.79 Å². The summed E-state index contributed by atoms with van der Waals surface area (Å²) in [5.41, 5.74) is 2.70. The molecule has 6 heteroatoms. The second-order valence-electron chi connectivity index (χ2n) is 6.59. The molecule has 0 saturated carbocycles. The maximum atomic E-state index is 12.3. The molecule has 1 aliphatic rings. The summed E-state index contributed by atoms with van der Waals surface area (Å²) in [5.74, 6) is 0. The van der Waals surface area contributed by atoms with Gasteiger partial charge in [-0.2, -0.15) is 0 Å². The average Bonchev–Trinajstić information content (AvgIpc) is 2.66. The molecule has 2 N–H and O–H groups in total. The molecule has 0 spiro atoms. The zero-order valence-corrected chi connectivity index (χ0v) is 14.9. The van der Waals surface area contributed by atoms with E-state index in [-0.39, 0.29) is 30.4 Å². The van der Waals surface area contributed by atoms with Crippen molar-refractivity contribution in [2.75, 3.05) is 13.2 Å². The minimum Gasteiger partial charge on any atom is -0.446 e. The lowest BCUT2D eigenvalue weighted by Gasteiger charge is -2.35. The number of hydrogen-bond donors (Lipinski definition) is 2. The number of amides is 1. The Labute approximate surface area is 152 Å². The van der Waals surface area contributed by atoms with Crippen LogP contribution in [0.5, 0.6) is 0 Å². The molecule has 2 atom stereocenters. The Balaban J connectivity index is 1.67.